The number of rotatable bonds is 6. The number of methoxy groups -OCH3 is 1. The molecular weight excluding hydrogens is 372 g/mol. The molecule has 0 fully saturated rings. The SMILES string of the molecule is CCCNC(=O)c1ccccc1NC(=O)c1ccc(OC)c(Br)c1. The first-order chi connectivity index (χ1) is 11.6. The Morgan fingerprint density at radius 1 is 1.12 bits per heavy atom. The molecular formula is C18H19BrN2O3. The Morgan fingerprint density at radius 3 is 2.54 bits per heavy atom. The van der Waals surface area contributed by atoms with Crippen molar-refractivity contribution in [2.45, 2.75) is 13.3 Å². The fourth-order valence-corrected chi connectivity index (χ4v) is 2.67. The summed E-state index contributed by atoms with van der Waals surface area (Å²) < 4.78 is 5.84. The molecule has 0 saturated carbocycles. The van der Waals surface area contributed by atoms with Crippen molar-refractivity contribution >= 4 is 33.4 Å². The first-order valence-corrected chi connectivity index (χ1v) is 8.38. The third-order valence-corrected chi connectivity index (χ3v) is 3.99. The standard InChI is InChI=1S/C18H19BrN2O3/c1-3-10-20-18(23)13-6-4-5-7-15(13)21-17(22)12-8-9-16(24-2)14(19)11-12/h4-9,11H,3,10H2,1-2H3,(H,20,23)(H,21,22). The zero-order chi connectivity index (χ0) is 17.5. The number of nitrogens with one attached hydrogen (secondary N) is 2. The number of amides is 2. The molecule has 6 heteroatoms. The van der Waals surface area contributed by atoms with Gasteiger partial charge in [-0.05, 0) is 52.7 Å². The lowest BCUT2D eigenvalue weighted by molar-refractivity contribution is 0.0954. The van der Waals surface area contributed by atoms with Crippen LogP contribution in [0, 0.1) is 0 Å². The van der Waals surface area contributed by atoms with E-state index in [9.17, 15) is 9.59 Å². The molecule has 0 unspecified atom stereocenters. The molecule has 0 radical (unpaired) electrons. The summed E-state index contributed by atoms with van der Waals surface area (Å²) in [6.07, 6.45) is 0.847. The Morgan fingerprint density at radius 2 is 1.88 bits per heavy atom. The van der Waals surface area contributed by atoms with Gasteiger partial charge in [-0.3, -0.25) is 9.59 Å². The Labute approximate surface area is 149 Å². The first kappa shape index (κ1) is 18.0. The van der Waals surface area contributed by atoms with Gasteiger partial charge in [0.05, 0.1) is 22.8 Å². The second-order valence-electron chi connectivity index (χ2n) is 5.10. The molecule has 5 nitrogen and oxygen atoms in total. The predicted molar refractivity (Wildman–Crippen MR) is 97.7 cm³/mol. The molecule has 2 N–H and O–H groups in total. The summed E-state index contributed by atoms with van der Waals surface area (Å²) in [6.45, 7) is 2.57. The predicted octanol–water partition coefficient (Wildman–Crippen LogP) is 3.85. The quantitative estimate of drug-likeness (QED) is 0.786. The highest BCUT2D eigenvalue weighted by atomic mass is 79.9. The smallest absolute Gasteiger partial charge is 0.255 e. The van der Waals surface area contributed by atoms with E-state index in [0.717, 1.165) is 6.42 Å². The molecule has 2 aromatic rings. The Bertz CT molecular complexity index is 747. The first-order valence-electron chi connectivity index (χ1n) is 7.59. The van der Waals surface area contributed by atoms with Crippen LogP contribution in [0.15, 0.2) is 46.9 Å². The molecule has 0 aliphatic carbocycles. The van der Waals surface area contributed by atoms with Crippen molar-refractivity contribution in [3.05, 3.63) is 58.1 Å². The number of hydrogen-bond donors (Lipinski definition) is 2. The maximum absolute atomic E-state index is 12.5. The number of carbonyl (C=O) groups excluding carboxylic acids is 2. The van der Waals surface area contributed by atoms with Gasteiger partial charge >= 0.3 is 0 Å². The third-order valence-electron chi connectivity index (χ3n) is 3.37. The normalized spacial score (nSPS) is 10.1. The summed E-state index contributed by atoms with van der Waals surface area (Å²) in [5, 5.41) is 5.60. The lowest BCUT2D eigenvalue weighted by Crippen LogP contribution is -2.25. The largest absolute Gasteiger partial charge is 0.496 e. The fourth-order valence-electron chi connectivity index (χ4n) is 2.13. The molecule has 0 bridgehead atoms. The molecule has 2 amide bonds. The second kappa shape index (κ2) is 8.49. The van der Waals surface area contributed by atoms with E-state index in [1.54, 1.807) is 49.6 Å². The van der Waals surface area contributed by atoms with Gasteiger partial charge in [0.25, 0.3) is 11.8 Å². The fraction of sp³-hybridized carbons (Fsp3) is 0.222. The zero-order valence-corrected chi connectivity index (χ0v) is 15.1. The summed E-state index contributed by atoms with van der Waals surface area (Å²) in [5.41, 5.74) is 1.38. The summed E-state index contributed by atoms with van der Waals surface area (Å²) in [4.78, 5) is 24.6. The van der Waals surface area contributed by atoms with E-state index < -0.39 is 0 Å². The summed E-state index contributed by atoms with van der Waals surface area (Å²) >= 11 is 3.36. The zero-order valence-electron chi connectivity index (χ0n) is 13.6. The van der Waals surface area contributed by atoms with Gasteiger partial charge in [-0.25, -0.2) is 0 Å². The number of benzene rings is 2. The Hall–Kier alpha value is -2.34. The van der Waals surface area contributed by atoms with Gasteiger partial charge in [0.1, 0.15) is 5.75 Å². The maximum atomic E-state index is 12.5. The van der Waals surface area contributed by atoms with E-state index >= 15 is 0 Å². The molecule has 2 aromatic carbocycles. The van der Waals surface area contributed by atoms with Crippen molar-refractivity contribution in [2.24, 2.45) is 0 Å². The molecule has 0 spiro atoms. The van der Waals surface area contributed by atoms with Crippen LogP contribution in [0.5, 0.6) is 5.75 Å². The van der Waals surface area contributed by atoms with Crippen LogP contribution in [0.1, 0.15) is 34.1 Å². The highest BCUT2D eigenvalue weighted by molar-refractivity contribution is 9.10. The van der Waals surface area contributed by atoms with E-state index in [1.807, 2.05) is 6.92 Å². The summed E-state index contributed by atoms with van der Waals surface area (Å²) in [7, 11) is 1.56. The molecule has 0 heterocycles. The molecule has 0 aliphatic heterocycles. The average molecular weight is 391 g/mol. The van der Waals surface area contributed by atoms with Crippen LogP contribution >= 0.6 is 15.9 Å². The van der Waals surface area contributed by atoms with Gasteiger partial charge in [-0.2, -0.15) is 0 Å². The molecule has 0 aliphatic rings. The third kappa shape index (κ3) is 4.35. The summed E-state index contributed by atoms with van der Waals surface area (Å²) in [6, 6.07) is 12.0. The van der Waals surface area contributed by atoms with Crippen LogP contribution in [0.2, 0.25) is 0 Å². The van der Waals surface area contributed by atoms with E-state index in [4.69, 9.17) is 4.74 Å². The van der Waals surface area contributed by atoms with Gasteiger partial charge in [-0.15, -0.1) is 0 Å². The monoisotopic (exact) mass is 390 g/mol. The Kier molecular flexibility index (Phi) is 6.37. The average Bonchev–Trinajstić information content (AvgIpc) is 2.60. The van der Waals surface area contributed by atoms with Gasteiger partial charge in [0, 0.05) is 12.1 Å². The Balaban J connectivity index is 2.20. The maximum Gasteiger partial charge on any atom is 0.255 e. The molecule has 0 atom stereocenters. The van der Waals surface area contributed by atoms with Crippen LogP contribution in [-0.4, -0.2) is 25.5 Å². The second-order valence-corrected chi connectivity index (χ2v) is 5.96. The molecule has 2 rings (SSSR count). The van der Waals surface area contributed by atoms with Crippen LogP contribution in [-0.2, 0) is 0 Å². The minimum atomic E-state index is -0.297. The minimum absolute atomic E-state index is 0.205. The van der Waals surface area contributed by atoms with Gasteiger partial charge < -0.3 is 15.4 Å². The molecule has 0 aromatic heterocycles. The van der Waals surface area contributed by atoms with Crippen LogP contribution in [0.4, 0.5) is 5.69 Å². The minimum Gasteiger partial charge on any atom is -0.496 e. The number of ether oxygens (including phenoxy) is 1. The van der Waals surface area contributed by atoms with Crippen molar-refractivity contribution in [3.8, 4) is 5.75 Å². The molecule has 0 saturated heterocycles. The van der Waals surface area contributed by atoms with Crippen LogP contribution < -0.4 is 15.4 Å². The number of carbonyl (C=O) groups is 2. The van der Waals surface area contributed by atoms with Gasteiger partial charge in [-0.1, -0.05) is 19.1 Å². The van der Waals surface area contributed by atoms with Crippen LogP contribution in [0.25, 0.3) is 0 Å². The number of hydrogen-bond acceptors (Lipinski definition) is 3. The molecule has 126 valence electrons. The number of para-hydroxylation sites is 1. The highest BCUT2D eigenvalue weighted by Gasteiger charge is 2.14. The van der Waals surface area contributed by atoms with Crippen molar-refractivity contribution < 1.29 is 14.3 Å². The topological polar surface area (TPSA) is 67.4 Å². The van der Waals surface area contributed by atoms with Crippen molar-refractivity contribution in [1.29, 1.82) is 0 Å². The highest BCUT2D eigenvalue weighted by Crippen LogP contribution is 2.26. The van der Waals surface area contributed by atoms with Gasteiger partial charge in [0.15, 0.2) is 0 Å². The number of halogens is 1. The number of anilines is 1. The van der Waals surface area contributed by atoms with Crippen molar-refractivity contribution in [2.75, 3.05) is 19.0 Å². The summed E-state index contributed by atoms with van der Waals surface area (Å²) in [5.74, 6) is 0.142. The van der Waals surface area contributed by atoms with E-state index in [0.29, 0.717) is 33.6 Å². The van der Waals surface area contributed by atoms with Crippen molar-refractivity contribution in [1.82, 2.24) is 5.32 Å². The van der Waals surface area contributed by atoms with Crippen molar-refractivity contribution in [3.63, 3.8) is 0 Å². The van der Waals surface area contributed by atoms with Crippen LogP contribution in [0.3, 0.4) is 0 Å². The van der Waals surface area contributed by atoms with E-state index in [-0.39, 0.29) is 11.8 Å². The lowest BCUT2D eigenvalue weighted by atomic mass is 10.1. The van der Waals surface area contributed by atoms with E-state index in [1.165, 1.54) is 0 Å². The van der Waals surface area contributed by atoms with E-state index in [2.05, 4.69) is 26.6 Å². The van der Waals surface area contributed by atoms with Gasteiger partial charge in [0.2, 0.25) is 0 Å². The molecule has 24 heavy (non-hydrogen) atoms. The lowest BCUT2D eigenvalue weighted by Gasteiger charge is -2.12.